The first-order valence-corrected chi connectivity index (χ1v) is 23.2. The van der Waals surface area contributed by atoms with Gasteiger partial charge >= 0.3 is 0 Å². The number of aryl methyl sites for hydroxylation is 2. The summed E-state index contributed by atoms with van der Waals surface area (Å²) in [7, 11) is 0. The quantitative estimate of drug-likeness (QED) is 0.0669. The van der Waals surface area contributed by atoms with Crippen LogP contribution in [0, 0.1) is 0 Å². The van der Waals surface area contributed by atoms with E-state index in [1.165, 1.54) is 88.2 Å². The van der Waals surface area contributed by atoms with Crippen LogP contribution in [0.25, 0.3) is 22.3 Å². The third-order valence-corrected chi connectivity index (χ3v) is 13.4. The summed E-state index contributed by atoms with van der Waals surface area (Å²) in [4.78, 5) is 29.5. The summed E-state index contributed by atoms with van der Waals surface area (Å²) in [5, 5.41) is 26.4. The Hall–Kier alpha value is -5.68. The van der Waals surface area contributed by atoms with Crippen molar-refractivity contribution in [2.45, 2.75) is 115 Å². The van der Waals surface area contributed by atoms with Gasteiger partial charge in [0.25, 0.3) is 0 Å². The van der Waals surface area contributed by atoms with Crippen LogP contribution in [0.15, 0.2) is 157 Å². The molecule has 8 rings (SSSR count). The zero-order valence-electron chi connectivity index (χ0n) is 36.5. The lowest BCUT2D eigenvalue weighted by Gasteiger charge is -2.32. The molecule has 6 aromatic carbocycles. The Morgan fingerprint density at radius 1 is 0.371 bits per heavy atom. The summed E-state index contributed by atoms with van der Waals surface area (Å²) < 4.78 is 0. The van der Waals surface area contributed by atoms with Gasteiger partial charge in [-0.15, -0.1) is 0 Å². The number of unbranched alkanes of at least 4 members (excludes halogenated alkanes) is 10. The van der Waals surface area contributed by atoms with Crippen LogP contribution in [0.1, 0.15) is 145 Å². The third-order valence-electron chi connectivity index (χ3n) is 13.4. The Balaban J connectivity index is 1.12. The van der Waals surface area contributed by atoms with Crippen molar-refractivity contribution in [3.63, 3.8) is 0 Å². The van der Waals surface area contributed by atoms with E-state index in [4.69, 9.17) is 0 Å². The highest BCUT2D eigenvalue weighted by Gasteiger charge is 2.57. The molecule has 0 amide bonds. The normalized spacial score (nSPS) is 19.2. The monoisotopic (exact) mass is 820 g/mol. The van der Waals surface area contributed by atoms with Crippen LogP contribution in [-0.2, 0) is 24.0 Å². The fourth-order valence-electron chi connectivity index (χ4n) is 9.80. The van der Waals surface area contributed by atoms with E-state index in [1.807, 2.05) is 48.5 Å². The predicted octanol–water partition coefficient (Wildman–Crippen LogP) is 13.7. The summed E-state index contributed by atoms with van der Waals surface area (Å²) in [6.07, 6.45) is 17.4. The fraction of sp³-hybridized carbons (Fsp3) is 0.310. The second-order valence-corrected chi connectivity index (χ2v) is 17.5. The first-order valence-electron chi connectivity index (χ1n) is 23.2. The van der Waals surface area contributed by atoms with Gasteiger partial charge in [0.1, 0.15) is 11.2 Å². The number of ketones is 2. The van der Waals surface area contributed by atoms with E-state index in [0.717, 1.165) is 35.1 Å². The smallest absolute Gasteiger partial charge is 0.193 e. The van der Waals surface area contributed by atoms with Gasteiger partial charge in [-0.05, 0) is 70.2 Å². The van der Waals surface area contributed by atoms with Crippen molar-refractivity contribution in [2.75, 3.05) is 0 Å². The Labute approximate surface area is 368 Å². The van der Waals surface area contributed by atoms with Crippen molar-refractivity contribution < 1.29 is 19.8 Å². The molecule has 4 heteroatoms. The lowest BCUT2D eigenvalue weighted by molar-refractivity contribution is 0.0803. The molecule has 2 atom stereocenters. The topological polar surface area (TPSA) is 74.6 Å². The van der Waals surface area contributed by atoms with Crippen molar-refractivity contribution >= 4 is 11.6 Å². The zero-order chi connectivity index (χ0) is 43.1. The minimum atomic E-state index is -2.01. The van der Waals surface area contributed by atoms with Gasteiger partial charge < -0.3 is 10.2 Å². The first-order chi connectivity index (χ1) is 30.3. The van der Waals surface area contributed by atoms with E-state index < -0.39 is 22.8 Å². The van der Waals surface area contributed by atoms with Gasteiger partial charge in [-0.3, -0.25) is 9.59 Å². The van der Waals surface area contributed by atoms with Gasteiger partial charge in [0.05, 0.1) is 11.1 Å². The molecule has 0 radical (unpaired) electrons. The Morgan fingerprint density at radius 3 is 1.03 bits per heavy atom. The van der Waals surface area contributed by atoms with E-state index in [-0.39, 0.29) is 11.1 Å². The van der Waals surface area contributed by atoms with E-state index in [9.17, 15) is 19.8 Å². The lowest BCUT2D eigenvalue weighted by Crippen LogP contribution is -2.36. The fourth-order valence-corrected chi connectivity index (χ4v) is 9.80. The molecule has 0 fully saturated rings. The average molecular weight is 821 g/mol. The van der Waals surface area contributed by atoms with Crippen molar-refractivity contribution in [2.24, 2.45) is 0 Å². The van der Waals surface area contributed by atoms with Gasteiger partial charge in [-0.1, -0.05) is 224 Å². The molecule has 0 saturated heterocycles. The van der Waals surface area contributed by atoms with Gasteiger partial charge in [0.2, 0.25) is 0 Å². The predicted molar refractivity (Wildman–Crippen MR) is 252 cm³/mol. The number of rotatable bonds is 18. The van der Waals surface area contributed by atoms with Crippen molar-refractivity contribution in [3.8, 4) is 22.3 Å². The highest BCUT2D eigenvalue weighted by Crippen LogP contribution is 2.55. The maximum atomic E-state index is 14.8. The molecule has 0 heterocycles. The molecule has 62 heavy (non-hydrogen) atoms. The average Bonchev–Trinajstić information content (AvgIpc) is 3.68. The molecule has 0 saturated carbocycles. The Bertz CT molecular complexity index is 2350. The first kappa shape index (κ1) is 43.0. The maximum absolute atomic E-state index is 14.8. The molecule has 2 aliphatic rings. The molecule has 0 aromatic heterocycles. The van der Waals surface area contributed by atoms with Gasteiger partial charge in [0, 0.05) is 22.3 Å². The van der Waals surface area contributed by atoms with E-state index in [1.54, 1.807) is 48.5 Å². The highest BCUT2D eigenvalue weighted by molar-refractivity contribution is 6.25. The van der Waals surface area contributed by atoms with E-state index in [2.05, 4.69) is 62.4 Å². The number of aliphatic hydroxyl groups is 2. The Morgan fingerprint density at radius 2 is 0.677 bits per heavy atom. The molecular formula is C58H60O4. The molecular weight excluding hydrogens is 761 g/mol. The standard InChI is InChI=1S/C58H60O4/c1-3-5-7-9-11-13-19-41-25-29-43(30-26-41)45-33-37-47(38-34-45)57(61)51-23-17-15-21-49(51)55(59)53(57)54-56(60)50-22-16-18-24-52(50)58(54,62)48-39-35-46(36-40-48)44-31-27-42(28-32-44)20-14-12-10-8-6-4-2/h15-18,21-40,61-62H,3-14,19-20H2,1-2H3/b54-53+/t57-,58-/m1/s1. The van der Waals surface area contributed by atoms with Crippen LogP contribution >= 0.6 is 0 Å². The van der Waals surface area contributed by atoms with Gasteiger partial charge in [0.15, 0.2) is 11.6 Å². The molecule has 0 bridgehead atoms. The summed E-state index contributed by atoms with van der Waals surface area (Å²) in [5.74, 6) is -0.944. The summed E-state index contributed by atoms with van der Waals surface area (Å²) in [6.45, 7) is 4.49. The molecule has 316 valence electrons. The largest absolute Gasteiger partial charge is 0.376 e. The number of carbonyl (C=O) groups excluding carboxylic acids is 2. The molecule has 2 N–H and O–H groups in total. The van der Waals surface area contributed by atoms with Crippen LogP contribution in [0.4, 0.5) is 0 Å². The number of fused-ring (bicyclic) bond motifs is 2. The van der Waals surface area contributed by atoms with Gasteiger partial charge in [-0.2, -0.15) is 0 Å². The summed E-state index contributed by atoms with van der Waals surface area (Å²) in [5.41, 5.74) is 4.76. The second-order valence-electron chi connectivity index (χ2n) is 17.5. The van der Waals surface area contributed by atoms with Crippen LogP contribution in [-0.4, -0.2) is 21.8 Å². The van der Waals surface area contributed by atoms with Crippen molar-refractivity contribution in [3.05, 3.63) is 201 Å². The molecule has 0 spiro atoms. The van der Waals surface area contributed by atoms with Crippen LogP contribution in [0.5, 0.6) is 0 Å². The van der Waals surface area contributed by atoms with Gasteiger partial charge in [-0.25, -0.2) is 0 Å². The number of hydrogen-bond donors (Lipinski definition) is 2. The molecule has 0 aliphatic heterocycles. The van der Waals surface area contributed by atoms with Crippen LogP contribution in [0.3, 0.4) is 0 Å². The summed E-state index contributed by atoms with van der Waals surface area (Å²) >= 11 is 0. The van der Waals surface area contributed by atoms with Crippen LogP contribution in [0.2, 0.25) is 0 Å². The number of Topliss-reactive ketones (excluding diaryl/α,β-unsaturated/α-hetero) is 2. The van der Waals surface area contributed by atoms with Crippen molar-refractivity contribution in [1.29, 1.82) is 0 Å². The van der Waals surface area contributed by atoms with E-state index in [0.29, 0.717) is 33.4 Å². The molecule has 2 aliphatic carbocycles. The third kappa shape index (κ3) is 8.31. The van der Waals surface area contributed by atoms with Crippen molar-refractivity contribution in [1.82, 2.24) is 0 Å². The number of carbonyl (C=O) groups is 2. The number of hydrogen-bond acceptors (Lipinski definition) is 4. The molecule has 6 aromatic rings. The van der Waals surface area contributed by atoms with Crippen LogP contribution < -0.4 is 0 Å². The zero-order valence-corrected chi connectivity index (χ0v) is 36.5. The highest BCUT2D eigenvalue weighted by atomic mass is 16.3. The second kappa shape index (κ2) is 19.2. The lowest BCUT2D eigenvalue weighted by atomic mass is 9.75. The minimum Gasteiger partial charge on any atom is -0.376 e. The molecule has 0 unspecified atom stereocenters. The van der Waals surface area contributed by atoms with E-state index >= 15 is 0 Å². The summed E-state index contributed by atoms with van der Waals surface area (Å²) in [6, 6.07) is 46.6. The SMILES string of the molecule is CCCCCCCCc1ccc(-c2ccc([C@]3(O)/C(=C4\C(=O)c5ccccc5[C@]4(O)c4ccc(-c5ccc(CCCCCCCC)cc5)cc4)C(=O)c4ccccc43)cc2)cc1. The molecule has 4 nitrogen and oxygen atoms in total. The Kier molecular flexibility index (Phi) is 13.3. The number of benzene rings is 6. The maximum Gasteiger partial charge on any atom is 0.193 e. The minimum absolute atomic E-state index is 0.112.